The van der Waals surface area contributed by atoms with Gasteiger partial charge in [0.2, 0.25) is 11.8 Å². The summed E-state index contributed by atoms with van der Waals surface area (Å²) in [7, 11) is 0. The molecular formula is C15H18N4O2S. The first-order valence-corrected chi connectivity index (χ1v) is 8.14. The molecule has 1 aliphatic heterocycles. The van der Waals surface area contributed by atoms with E-state index in [1.165, 1.54) is 0 Å². The van der Waals surface area contributed by atoms with Gasteiger partial charge in [-0.15, -0.1) is 11.3 Å². The van der Waals surface area contributed by atoms with Crippen molar-refractivity contribution in [1.29, 1.82) is 0 Å². The maximum Gasteiger partial charge on any atom is 0.231 e. The number of amides is 2. The number of rotatable bonds is 4. The zero-order chi connectivity index (χ0) is 15.5. The fourth-order valence-corrected chi connectivity index (χ4v) is 3.47. The summed E-state index contributed by atoms with van der Waals surface area (Å²) in [5, 5.41) is 2.95. The Kier molecular flexibility index (Phi) is 4.35. The molecule has 2 amide bonds. The molecule has 0 bridgehead atoms. The van der Waals surface area contributed by atoms with Crippen molar-refractivity contribution >= 4 is 39.1 Å². The lowest BCUT2D eigenvalue weighted by Gasteiger charge is -2.30. The SMILES string of the molecule is NC(=O)CN1CCCC(C(=O)Nc2ccc3scnc3c2)C1. The third-order valence-electron chi connectivity index (χ3n) is 3.85. The smallest absolute Gasteiger partial charge is 0.231 e. The third-order valence-corrected chi connectivity index (χ3v) is 4.66. The fraction of sp³-hybridized carbons (Fsp3) is 0.400. The van der Waals surface area contributed by atoms with E-state index in [2.05, 4.69) is 10.3 Å². The summed E-state index contributed by atoms with van der Waals surface area (Å²) in [5.74, 6) is -0.474. The molecule has 2 aromatic rings. The monoisotopic (exact) mass is 318 g/mol. The number of likely N-dealkylation sites (tertiary alicyclic amines) is 1. The number of carbonyl (C=O) groups is 2. The highest BCUT2D eigenvalue weighted by atomic mass is 32.1. The second-order valence-corrected chi connectivity index (χ2v) is 6.45. The molecule has 2 heterocycles. The van der Waals surface area contributed by atoms with E-state index < -0.39 is 0 Å². The highest BCUT2D eigenvalue weighted by Crippen LogP contribution is 2.23. The van der Waals surface area contributed by atoms with Crippen LogP contribution < -0.4 is 11.1 Å². The molecule has 1 atom stereocenters. The molecule has 1 aromatic heterocycles. The molecule has 0 radical (unpaired) electrons. The van der Waals surface area contributed by atoms with Crippen molar-refractivity contribution in [2.75, 3.05) is 25.0 Å². The minimum Gasteiger partial charge on any atom is -0.369 e. The van der Waals surface area contributed by atoms with Crippen LogP contribution in [0.25, 0.3) is 10.2 Å². The minimum atomic E-state index is -0.352. The van der Waals surface area contributed by atoms with Crippen LogP contribution in [-0.4, -0.2) is 41.3 Å². The molecule has 1 unspecified atom stereocenters. The van der Waals surface area contributed by atoms with Gasteiger partial charge in [-0.2, -0.15) is 0 Å². The Morgan fingerprint density at radius 3 is 3.14 bits per heavy atom. The van der Waals surface area contributed by atoms with E-state index in [0.29, 0.717) is 6.54 Å². The molecular weight excluding hydrogens is 300 g/mol. The van der Waals surface area contributed by atoms with Crippen LogP contribution in [-0.2, 0) is 9.59 Å². The van der Waals surface area contributed by atoms with E-state index in [1.54, 1.807) is 16.8 Å². The topological polar surface area (TPSA) is 88.3 Å². The molecule has 1 aliphatic rings. The standard InChI is InChI=1S/C15H18N4O2S/c16-14(20)8-19-5-1-2-10(7-19)15(21)18-11-3-4-13-12(6-11)17-9-22-13/h3-4,6,9-10H,1-2,5,7-8H2,(H2,16,20)(H,18,21). The summed E-state index contributed by atoms with van der Waals surface area (Å²) < 4.78 is 1.10. The molecule has 0 spiro atoms. The third kappa shape index (κ3) is 3.42. The predicted molar refractivity (Wildman–Crippen MR) is 86.6 cm³/mol. The number of benzene rings is 1. The molecule has 1 fully saturated rings. The molecule has 0 aliphatic carbocycles. The number of nitrogens with two attached hydrogens (primary N) is 1. The van der Waals surface area contributed by atoms with Gasteiger partial charge in [0, 0.05) is 12.2 Å². The zero-order valence-corrected chi connectivity index (χ0v) is 12.9. The first-order valence-electron chi connectivity index (χ1n) is 7.26. The van der Waals surface area contributed by atoms with Crippen LogP contribution >= 0.6 is 11.3 Å². The number of fused-ring (bicyclic) bond motifs is 1. The molecule has 22 heavy (non-hydrogen) atoms. The van der Waals surface area contributed by atoms with Crippen LogP contribution in [0, 0.1) is 5.92 Å². The summed E-state index contributed by atoms with van der Waals surface area (Å²) in [6.07, 6.45) is 1.73. The maximum atomic E-state index is 12.4. The number of hydrogen-bond acceptors (Lipinski definition) is 5. The Morgan fingerprint density at radius 2 is 2.32 bits per heavy atom. The van der Waals surface area contributed by atoms with Crippen LogP contribution in [0.1, 0.15) is 12.8 Å². The largest absolute Gasteiger partial charge is 0.369 e. The summed E-state index contributed by atoms with van der Waals surface area (Å²) in [6, 6.07) is 5.74. The van der Waals surface area contributed by atoms with Crippen molar-refractivity contribution in [2.24, 2.45) is 11.7 Å². The van der Waals surface area contributed by atoms with E-state index in [4.69, 9.17) is 5.73 Å². The molecule has 1 aromatic carbocycles. The maximum absolute atomic E-state index is 12.4. The Hall–Kier alpha value is -1.99. The number of aromatic nitrogens is 1. The van der Waals surface area contributed by atoms with Crippen molar-refractivity contribution in [2.45, 2.75) is 12.8 Å². The number of hydrogen-bond donors (Lipinski definition) is 2. The van der Waals surface area contributed by atoms with E-state index in [1.807, 2.05) is 23.1 Å². The summed E-state index contributed by atoms with van der Waals surface area (Å²) in [4.78, 5) is 29.6. The van der Waals surface area contributed by atoms with Crippen molar-refractivity contribution in [3.05, 3.63) is 23.7 Å². The predicted octanol–water partition coefficient (Wildman–Crippen LogP) is 1.43. The van der Waals surface area contributed by atoms with Crippen LogP contribution in [0.15, 0.2) is 23.7 Å². The van der Waals surface area contributed by atoms with Gasteiger partial charge in [-0.05, 0) is 37.6 Å². The Balaban J connectivity index is 1.64. The normalized spacial score (nSPS) is 19.2. The lowest BCUT2D eigenvalue weighted by Crippen LogP contribution is -2.44. The van der Waals surface area contributed by atoms with Gasteiger partial charge >= 0.3 is 0 Å². The van der Waals surface area contributed by atoms with Gasteiger partial charge in [-0.1, -0.05) is 0 Å². The van der Waals surface area contributed by atoms with Crippen molar-refractivity contribution in [3.8, 4) is 0 Å². The molecule has 116 valence electrons. The lowest BCUT2D eigenvalue weighted by molar-refractivity contribution is -0.124. The van der Waals surface area contributed by atoms with E-state index in [0.717, 1.165) is 35.3 Å². The highest BCUT2D eigenvalue weighted by molar-refractivity contribution is 7.16. The molecule has 7 heteroatoms. The highest BCUT2D eigenvalue weighted by Gasteiger charge is 2.26. The van der Waals surface area contributed by atoms with Gasteiger partial charge in [0.1, 0.15) is 0 Å². The molecule has 3 rings (SSSR count). The van der Waals surface area contributed by atoms with Gasteiger partial charge in [-0.25, -0.2) is 4.98 Å². The Bertz CT molecular complexity index is 700. The molecule has 1 saturated heterocycles. The van der Waals surface area contributed by atoms with Crippen molar-refractivity contribution in [3.63, 3.8) is 0 Å². The lowest BCUT2D eigenvalue weighted by atomic mass is 9.97. The number of thiazole rings is 1. The van der Waals surface area contributed by atoms with Gasteiger partial charge in [0.05, 0.1) is 28.2 Å². The van der Waals surface area contributed by atoms with Crippen molar-refractivity contribution in [1.82, 2.24) is 9.88 Å². The second kappa shape index (κ2) is 6.41. The van der Waals surface area contributed by atoms with E-state index in [-0.39, 0.29) is 24.3 Å². The molecule has 0 saturated carbocycles. The van der Waals surface area contributed by atoms with Gasteiger partial charge in [0.15, 0.2) is 0 Å². The van der Waals surface area contributed by atoms with Crippen molar-refractivity contribution < 1.29 is 9.59 Å². The average Bonchev–Trinajstić information content (AvgIpc) is 2.94. The fourth-order valence-electron chi connectivity index (χ4n) is 2.81. The number of carbonyl (C=O) groups excluding carboxylic acids is 2. The number of nitrogens with zero attached hydrogens (tertiary/aromatic N) is 2. The summed E-state index contributed by atoms with van der Waals surface area (Å²) in [6.45, 7) is 1.61. The molecule has 6 nitrogen and oxygen atoms in total. The minimum absolute atomic E-state index is 0.0104. The zero-order valence-electron chi connectivity index (χ0n) is 12.1. The summed E-state index contributed by atoms with van der Waals surface area (Å²) in [5.41, 5.74) is 8.66. The van der Waals surface area contributed by atoms with E-state index in [9.17, 15) is 9.59 Å². The Labute approximate surface area is 132 Å². The quantitative estimate of drug-likeness (QED) is 0.892. The first-order chi connectivity index (χ1) is 10.6. The first kappa shape index (κ1) is 14.9. The number of nitrogens with one attached hydrogen (secondary N) is 1. The number of anilines is 1. The second-order valence-electron chi connectivity index (χ2n) is 5.56. The number of piperidine rings is 1. The van der Waals surface area contributed by atoms with Crippen LogP contribution in [0.2, 0.25) is 0 Å². The Morgan fingerprint density at radius 1 is 1.45 bits per heavy atom. The van der Waals surface area contributed by atoms with Gasteiger partial charge < -0.3 is 11.1 Å². The van der Waals surface area contributed by atoms with Crippen LogP contribution in [0.4, 0.5) is 5.69 Å². The summed E-state index contributed by atoms with van der Waals surface area (Å²) >= 11 is 1.57. The van der Waals surface area contributed by atoms with Crippen LogP contribution in [0.5, 0.6) is 0 Å². The van der Waals surface area contributed by atoms with Gasteiger partial charge in [0.25, 0.3) is 0 Å². The number of primary amides is 1. The van der Waals surface area contributed by atoms with E-state index >= 15 is 0 Å². The van der Waals surface area contributed by atoms with Crippen LogP contribution in [0.3, 0.4) is 0 Å². The van der Waals surface area contributed by atoms with Gasteiger partial charge in [-0.3, -0.25) is 14.5 Å². The molecule has 3 N–H and O–H groups in total. The average molecular weight is 318 g/mol.